The van der Waals surface area contributed by atoms with Crippen molar-refractivity contribution in [3.8, 4) is 17.8 Å². The van der Waals surface area contributed by atoms with Gasteiger partial charge in [0.05, 0.1) is 6.61 Å². The van der Waals surface area contributed by atoms with Gasteiger partial charge >= 0.3 is 5.97 Å². The van der Waals surface area contributed by atoms with Gasteiger partial charge < -0.3 is 9.47 Å². The van der Waals surface area contributed by atoms with Crippen LogP contribution < -0.4 is 9.47 Å². The first-order valence-corrected chi connectivity index (χ1v) is 8.32. The maximum absolute atomic E-state index is 11.4. The third-order valence-corrected chi connectivity index (χ3v) is 4.17. The lowest BCUT2D eigenvalue weighted by Crippen LogP contribution is -2.16. The van der Waals surface area contributed by atoms with E-state index in [0.29, 0.717) is 24.5 Å². The molecule has 2 heterocycles. The van der Waals surface area contributed by atoms with Gasteiger partial charge in [0.15, 0.2) is 0 Å². The number of aromatic nitrogens is 1. The zero-order valence-corrected chi connectivity index (χ0v) is 14.7. The highest BCUT2D eigenvalue weighted by Gasteiger charge is 2.25. The van der Waals surface area contributed by atoms with Crippen molar-refractivity contribution in [3.63, 3.8) is 0 Å². The smallest absolute Gasteiger partial charge is 0.309 e. The first-order valence-electron chi connectivity index (χ1n) is 8.32. The van der Waals surface area contributed by atoms with E-state index in [1.165, 1.54) is 18.1 Å². The predicted octanol–water partition coefficient (Wildman–Crippen LogP) is 3.41. The molecule has 0 fully saturated rings. The standard InChI is InChI=1S/C20H20N2O3/c1-12-7-13(2)9-15(8-12)10-17-16-5-4-6-24-19(16)22-20(18(17)11-21)25-14(3)23/h7-9H,4-6,10H2,1-3H3. The van der Waals surface area contributed by atoms with Crippen LogP contribution in [0.3, 0.4) is 0 Å². The molecular formula is C20H20N2O3. The summed E-state index contributed by atoms with van der Waals surface area (Å²) in [6.45, 7) is 5.98. The third-order valence-electron chi connectivity index (χ3n) is 4.17. The Morgan fingerprint density at radius 2 is 2.04 bits per heavy atom. The predicted molar refractivity (Wildman–Crippen MR) is 92.8 cm³/mol. The van der Waals surface area contributed by atoms with Gasteiger partial charge in [-0.25, -0.2) is 0 Å². The second-order valence-corrected chi connectivity index (χ2v) is 6.38. The lowest BCUT2D eigenvalue weighted by atomic mass is 9.92. The number of nitrogens with zero attached hydrogens (tertiary/aromatic N) is 2. The Labute approximate surface area is 147 Å². The first-order chi connectivity index (χ1) is 12.0. The monoisotopic (exact) mass is 336 g/mol. The Morgan fingerprint density at radius 3 is 2.68 bits per heavy atom. The van der Waals surface area contributed by atoms with Crippen molar-refractivity contribution in [2.75, 3.05) is 6.61 Å². The van der Waals surface area contributed by atoms with Gasteiger partial charge in [-0.1, -0.05) is 29.3 Å². The number of benzene rings is 1. The molecule has 0 spiro atoms. The lowest BCUT2D eigenvalue weighted by Gasteiger charge is -2.21. The molecule has 3 rings (SSSR count). The van der Waals surface area contributed by atoms with E-state index in [1.54, 1.807) is 0 Å². The minimum Gasteiger partial charge on any atom is -0.477 e. The number of fused-ring (bicyclic) bond motifs is 1. The third kappa shape index (κ3) is 3.63. The second-order valence-electron chi connectivity index (χ2n) is 6.38. The van der Waals surface area contributed by atoms with E-state index in [-0.39, 0.29) is 5.88 Å². The van der Waals surface area contributed by atoms with Gasteiger partial charge in [0.2, 0.25) is 11.8 Å². The van der Waals surface area contributed by atoms with Crippen LogP contribution in [0.4, 0.5) is 0 Å². The molecule has 0 N–H and O–H groups in total. The van der Waals surface area contributed by atoms with Crippen LogP contribution in [0.2, 0.25) is 0 Å². The molecule has 0 saturated carbocycles. The number of esters is 1. The van der Waals surface area contributed by atoms with E-state index in [2.05, 4.69) is 43.1 Å². The van der Waals surface area contributed by atoms with Crippen LogP contribution in [0, 0.1) is 25.2 Å². The Kier molecular flexibility index (Phi) is 4.71. The molecular weight excluding hydrogens is 316 g/mol. The van der Waals surface area contributed by atoms with Crippen molar-refractivity contribution < 1.29 is 14.3 Å². The number of hydrogen-bond donors (Lipinski definition) is 0. The number of carbonyl (C=O) groups excluding carboxylic acids is 1. The molecule has 2 aromatic rings. The van der Waals surface area contributed by atoms with Gasteiger partial charge in [-0.15, -0.1) is 0 Å². The number of ether oxygens (including phenoxy) is 2. The van der Waals surface area contributed by atoms with Crippen molar-refractivity contribution in [1.29, 1.82) is 5.26 Å². The van der Waals surface area contributed by atoms with Crippen LogP contribution in [0.25, 0.3) is 0 Å². The highest BCUT2D eigenvalue weighted by Crippen LogP contribution is 2.35. The number of pyridine rings is 1. The Balaban J connectivity index is 2.15. The van der Waals surface area contributed by atoms with Crippen LogP contribution in [0.5, 0.6) is 11.8 Å². The molecule has 25 heavy (non-hydrogen) atoms. The fourth-order valence-corrected chi connectivity index (χ4v) is 3.32. The highest BCUT2D eigenvalue weighted by molar-refractivity contribution is 5.70. The summed E-state index contributed by atoms with van der Waals surface area (Å²) in [4.78, 5) is 15.7. The van der Waals surface area contributed by atoms with Crippen molar-refractivity contribution in [1.82, 2.24) is 4.98 Å². The quantitative estimate of drug-likeness (QED) is 0.803. The maximum Gasteiger partial charge on any atom is 0.309 e. The fraction of sp³-hybridized carbons (Fsp3) is 0.350. The molecule has 0 radical (unpaired) electrons. The lowest BCUT2D eigenvalue weighted by molar-refractivity contribution is -0.132. The van der Waals surface area contributed by atoms with Gasteiger partial charge in [-0.05, 0) is 44.2 Å². The summed E-state index contributed by atoms with van der Waals surface area (Å²) < 4.78 is 10.8. The van der Waals surface area contributed by atoms with Gasteiger partial charge in [0.1, 0.15) is 11.6 Å². The number of hydrogen-bond acceptors (Lipinski definition) is 5. The second kappa shape index (κ2) is 6.94. The molecule has 0 aliphatic carbocycles. The van der Waals surface area contributed by atoms with Gasteiger partial charge in [0.25, 0.3) is 0 Å². The Bertz CT molecular complexity index is 861. The van der Waals surface area contributed by atoms with Gasteiger partial charge in [0, 0.05) is 12.5 Å². The zero-order chi connectivity index (χ0) is 18.0. The fourth-order valence-electron chi connectivity index (χ4n) is 3.32. The molecule has 1 aliphatic heterocycles. The van der Waals surface area contributed by atoms with E-state index in [9.17, 15) is 10.1 Å². The van der Waals surface area contributed by atoms with E-state index >= 15 is 0 Å². The Hall–Kier alpha value is -2.87. The number of nitriles is 1. The molecule has 5 heteroatoms. The first kappa shape index (κ1) is 17.0. The summed E-state index contributed by atoms with van der Waals surface area (Å²) in [6.07, 6.45) is 2.26. The van der Waals surface area contributed by atoms with Crippen LogP contribution in [-0.4, -0.2) is 17.6 Å². The van der Waals surface area contributed by atoms with Crippen LogP contribution in [-0.2, 0) is 17.6 Å². The number of rotatable bonds is 3. The molecule has 0 bridgehead atoms. The van der Waals surface area contributed by atoms with E-state index < -0.39 is 5.97 Å². The van der Waals surface area contributed by atoms with Crippen molar-refractivity contribution >= 4 is 5.97 Å². The summed E-state index contributed by atoms with van der Waals surface area (Å²) in [5.41, 5.74) is 5.56. The number of carbonyl (C=O) groups is 1. The maximum atomic E-state index is 11.4. The minimum absolute atomic E-state index is 0.0371. The summed E-state index contributed by atoms with van der Waals surface area (Å²) in [6, 6.07) is 8.50. The average molecular weight is 336 g/mol. The van der Waals surface area contributed by atoms with E-state index in [4.69, 9.17) is 9.47 Å². The SMILES string of the molecule is CC(=O)Oc1nc2c(c(Cc3cc(C)cc(C)c3)c1C#N)CCCO2. The van der Waals surface area contributed by atoms with Crippen molar-refractivity contribution in [2.24, 2.45) is 0 Å². The topological polar surface area (TPSA) is 72.2 Å². The van der Waals surface area contributed by atoms with Crippen molar-refractivity contribution in [3.05, 3.63) is 51.6 Å². The normalized spacial score (nSPS) is 12.7. The van der Waals surface area contributed by atoms with Crippen LogP contribution in [0.15, 0.2) is 18.2 Å². The molecule has 0 atom stereocenters. The van der Waals surface area contributed by atoms with Gasteiger partial charge in [-0.2, -0.15) is 10.2 Å². The molecule has 1 aliphatic rings. The summed E-state index contributed by atoms with van der Waals surface area (Å²) in [5, 5.41) is 9.68. The molecule has 1 aromatic carbocycles. The average Bonchev–Trinajstić information content (AvgIpc) is 2.53. The molecule has 0 saturated heterocycles. The van der Waals surface area contributed by atoms with Crippen LogP contribution in [0.1, 0.15) is 46.7 Å². The molecule has 0 amide bonds. The zero-order valence-electron chi connectivity index (χ0n) is 14.7. The summed E-state index contributed by atoms with van der Waals surface area (Å²) in [5.74, 6) is 0.00742. The molecule has 128 valence electrons. The largest absolute Gasteiger partial charge is 0.477 e. The molecule has 1 aromatic heterocycles. The van der Waals surface area contributed by atoms with Crippen molar-refractivity contribution in [2.45, 2.75) is 40.0 Å². The summed E-state index contributed by atoms with van der Waals surface area (Å²) >= 11 is 0. The highest BCUT2D eigenvalue weighted by atomic mass is 16.5. The van der Waals surface area contributed by atoms with Crippen LogP contribution >= 0.6 is 0 Å². The van der Waals surface area contributed by atoms with E-state index in [1.807, 2.05) is 0 Å². The molecule has 5 nitrogen and oxygen atoms in total. The minimum atomic E-state index is -0.503. The Morgan fingerprint density at radius 1 is 1.32 bits per heavy atom. The molecule has 0 unspecified atom stereocenters. The summed E-state index contributed by atoms with van der Waals surface area (Å²) in [7, 11) is 0. The van der Waals surface area contributed by atoms with E-state index in [0.717, 1.165) is 29.5 Å². The van der Waals surface area contributed by atoms with Gasteiger partial charge in [-0.3, -0.25) is 4.79 Å². The number of aryl methyl sites for hydroxylation is 2.